The summed E-state index contributed by atoms with van der Waals surface area (Å²) in [4.78, 5) is 36.5. The van der Waals surface area contributed by atoms with Crippen molar-refractivity contribution in [2.45, 2.75) is 46.4 Å². The lowest BCUT2D eigenvalue weighted by atomic mass is 9.70. The van der Waals surface area contributed by atoms with Gasteiger partial charge in [-0.05, 0) is 46.5 Å². The van der Waals surface area contributed by atoms with Crippen LogP contribution in [0.4, 0.5) is 0 Å². The summed E-state index contributed by atoms with van der Waals surface area (Å²) < 4.78 is 34.8. The maximum Gasteiger partial charge on any atom is 0.250 e. The van der Waals surface area contributed by atoms with Gasteiger partial charge in [0.05, 0.1) is 65.6 Å². The van der Waals surface area contributed by atoms with Crippen LogP contribution in [0.15, 0.2) is 133 Å². The lowest BCUT2D eigenvalue weighted by Crippen LogP contribution is -2.52. The standard InChI is InChI=1S/2C27H27NO8/c2*1-33-18-11-9-16(10-12-18)27-22(15-7-5-4-6-8-15)21(25(31)28-35-3)24(30)26(27,32)23-19(34-2)13-17(29)14-20(23)36-27/h2*4-14,21-22,24,29-30,32H,1-3H3,(H,28,31)/t2*21-,22-,24-,26+,27+/m10/s1. The van der Waals surface area contributed by atoms with Crippen molar-refractivity contribution in [3.05, 3.63) is 167 Å². The molecule has 18 nitrogen and oxygen atoms in total. The van der Waals surface area contributed by atoms with Gasteiger partial charge in [-0.25, -0.2) is 11.0 Å². The Morgan fingerprint density at radius 2 is 0.847 bits per heavy atom. The predicted molar refractivity (Wildman–Crippen MR) is 255 cm³/mol. The Hall–Kier alpha value is -7.58. The molecule has 10 atom stereocenters. The quantitative estimate of drug-likeness (QED) is 0.0776. The van der Waals surface area contributed by atoms with E-state index in [2.05, 4.69) is 11.0 Å². The molecule has 18 heteroatoms. The molecule has 2 amide bonds. The number of fused-ring (bicyclic) bond motifs is 6. The first kappa shape index (κ1) is 49.4. The van der Waals surface area contributed by atoms with E-state index in [-0.39, 0.29) is 45.6 Å². The SMILES string of the molecule is CONC(=O)[C@@H]1[C@H](O)[C@]2(O)c3c(OC)cc(O)cc3O[C@]2(c2ccc(OC)cc2)[C@H]1c1ccccc1.CONC(=O)[C@H]1[C@@H](O)[C@@]2(O)c3c(OC)cc(O)cc3O[C@@]2(c2ccc(OC)cc2)[C@@H]1c1ccccc1. The van der Waals surface area contributed by atoms with E-state index in [1.165, 1.54) is 66.9 Å². The van der Waals surface area contributed by atoms with E-state index in [0.29, 0.717) is 33.8 Å². The van der Waals surface area contributed by atoms with E-state index in [1.54, 1.807) is 72.8 Å². The van der Waals surface area contributed by atoms with Gasteiger partial charge in [-0.3, -0.25) is 19.3 Å². The number of amides is 2. The lowest BCUT2D eigenvalue weighted by Gasteiger charge is -2.40. The van der Waals surface area contributed by atoms with Crippen LogP contribution < -0.4 is 39.4 Å². The molecular weight excluding hydrogens is 933 g/mol. The Morgan fingerprint density at radius 1 is 0.500 bits per heavy atom. The van der Waals surface area contributed by atoms with Gasteiger partial charge in [0, 0.05) is 36.1 Å². The van der Waals surface area contributed by atoms with Gasteiger partial charge in [0.25, 0.3) is 0 Å². The Kier molecular flexibility index (Phi) is 13.0. The number of ether oxygens (including phenoxy) is 6. The third-order valence-electron chi connectivity index (χ3n) is 14.5. The van der Waals surface area contributed by atoms with Gasteiger partial charge in [-0.1, -0.05) is 84.9 Å². The van der Waals surface area contributed by atoms with Crippen molar-refractivity contribution in [3.8, 4) is 46.0 Å². The summed E-state index contributed by atoms with van der Waals surface area (Å²) in [7, 11) is 8.44. The smallest absolute Gasteiger partial charge is 0.250 e. The minimum absolute atomic E-state index is 0.113. The number of aromatic hydroxyl groups is 2. The molecule has 0 saturated heterocycles. The van der Waals surface area contributed by atoms with Gasteiger partial charge < -0.3 is 59.1 Å². The van der Waals surface area contributed by atoms with Gasteiger partial charge in [0.15, 0.2) is 22.4 Å². The molecule has 8 N–H and O–H groups in total. The molecule has 6 aromatic carbocycles. The van der Waals surface area contributed by atoms with Crippen LogP contribution in [0.25, 0.3) is 0 Å². The Balaban J connectivity index is 0.000000178. The molecule has 0 bridgehead atoms. The van der Waals surface area contributed by atoms with Gasteiger partial charge in [-0.2, -0.15) is 0 Å². The summed E-state index contributed by atoms with van der Waals surface area (Å²) in [5.74, 6) is -4.04. The van der Waals surface area contributed by atoms with Crippen molar-refractivity contribution in [3.63, 3.8) is 0 Å². The van der Waals surface area contributed by atoms with Crippen LogP contribution in [0, 0.1) is 11.8 Å². The summed E-state index contributed by atoms with van der Waals surface area (Å²) in [6, 6.07) is 37.2. The van der Waals surface area contributed by atoms with Crippen LogP contribution in [-0.2, 0) is 41.7 Å². The molecule has 72 heavy (non-hydrogen) atoms. The highest BCUT2D eigenvalue weighted by Crippen LogP contribution is 2.72. The van der Waals surface area contributed by atoms with Crippen molar-refractivity contribution in [1.29, 1.82) is 0 Å². The third-order valence-corrected chi connectivity index (χ3v) is 14.5. The Labute approximate surface area is 413 Å². The van der Waals surface area contributed by atoms with Crippen molar-refractivity contribution in [1.82, 2.24) is 11.0 Å². The second-order valence-corrected chi connectivity index (χ2v) is 17.8. The maximum atomic E-state index is 13.4. The molecule has 4 aliphatic rings. The number of carbonyl (C=O) groups is 2. The number of rotatable bonds is 12. The molecule has 0 spiro atoms. The van der Waals surface area contributed by atoms with E-state index in [1.807, 2.05) is 36.4 Å². The largest absolute Gasteiger partial charge is 0.508 e. The van der Waals surface area contributed by atoms with E-state index in [4.69, 9.17) is 38.1 Å². The maximum absolute atomic E-state index is 13.4. The number of hydroxylamine groups is 2. The summed E-state index contributed by atoms with van der Waals surface area (Å²) in [6.45, 7) is 0. The average Bonchev–Trinajstić information content (AvgIpc) is 3.97. The normalized spacial score (nSPS) is 28.1. The second-order valence-electron chi connectivity index (χ2n) is 17.8. The fraction of sp³-hybridized carbons (Fsp3) is 0.296. The van der Waals surface area contributed by atoms with Gasteiger partial charge in [0.1, 0.15) is 58.2 Å². The molecule has 0 aromatic heterocycles. The summed E-state index contributed by atoms with van der Waals surface area (Å²) in [6.07, 6.45) is -3.31. The number of aliphatic hydroxyl groups excluding tert-OH is 2. The van der Waals surface area contributed by atoms with Gasteiger partial charge in [-0.15, -0.1) is 0 Å². The Bertz CT molecular complexity index is 2760. The topological polar surface area (TPSA) is 253 Å². The van der Waals surface area contributed by atoms with Crippen LogP contribution in [0.3, 0.4) is 0 Å². The number of methoxy groups -OCH3 is 4. The lowest BCUT2D eigenvalue weighted by molar-refractivity contribution is -0.157. The summed E-state index contributed by atoms with van der Waals surface area (Å²) in [5, 5.41) is 69.5. The van der Waals surface area contributed by atoms with E-state index in [9.17, 15) is 40.2 Å². The van der Waals surface area contributed by atoms with E-state index in [0.717, 1.165) is 0 Å². The van der Waals surface area contributed by atoms with Crippen molar-refractivity contribution >= 4 is 11.8 Å². The predicted octanol–water partition coefficient (Wildman–Crippen LogP) is 4.67. The number of phenols is 2. The second kappa shape index (κ2) is 18.9. The highest BCUT2D eigenvalue weighted by Gasteiger charge is 2.79. The molecule has 0 radical (unpaired) electrons. The minimum Gasteiger partial charge on any atom is -0.508 e. The number of nitrogens with one attached hydrogen (secondary N) is 2. The van der Waals surface area contributed by atoms with Crippen molar-refractivity contribution in [2.75, 3.05) is 42.7 Å². The zero-order chi connectivity index (χ0) is 51.3. The Morgan fingerprint density at radius 3 is 1.15 bits per heavy atom. The van der Waals surface area contributed by atoms with Gasteiger partial charge in [0.2, 0.25) is 11.8 Å². The number of hydrogen-bond donors (Lipinski definition) is 8. The van der Waals surface area contributed by atoms with Crippen LogP contribution in [0.1, 0.15) is 45.2 Å². The third kappa shape index (κ3) is 7.08. The van der Waals surface area contributed by atoms with Crippen molar-refractivity contribution in [2.24, 2.45) is 11.8 Å². The number of benzene rings is 6. The van der Waals surface area contributed by atoms with Crippen molar-refractivity contribution < 1.29 is 78.3 Å². The van der Waals surface area contributed by atoms with Crippen LogP contribution in [0.2, 0.25) is 0 Å². The molecule has 6 aromatic rings. The fourth-order valence-electron chi connectivity index (χ4n) is 11.7. The highest BCUT2D eigenvalue weighted by atomic mass is 16.6. The minimum atomic E-state index is -2.16. The monoisotopic (exact) mass is 986 g/mol. The molecular formula is C54H54N2O16. The molecule has 376 valence electrons. The van der Waals surface area contributed by atoms with Crippen LogP contribution >= 0.6 is 0 Å². The molecule has 2 aliphatic carbocycles. The first-order valence-electron chi connectivity index (χ1n) is 22.7. The molecule has 10 rings (SSSR count). The van der Waals surface area contributed by atoms with E-state index < -0.39 is 70.1 Å². The number of phenolic OH excluding ortho intramolecular Hbond substituents is 2. The highest BCUT2D eigenvalue weighted by molar-refractivity contribution is 5.83. The average molecular weight is 987 g/mol. The van der Waals surface area contributed by atoms with E-state index >= 15 is 0 Å². The summed E-state index contributed by atoms with van der Waals surface area (Å²) >= 11 is 0. The molecule has 2 aliphatic heterocycles. The van der Waals surface area contributed by atoms with Crippen LogP contribution in [-0.4, -0.2) is 97.3 Å². The number of aliphatic hydroxyl groups is 4. The number of carbonyl (C=O) groups excluding carboxylic acids is 2. The van der Waals surface area contributed by atoms with Crippen LogP contribution in [0.5, 0.6) is 46.0 Å². The molecule has 2 fully saturated rings. The van der Waals surface area contributed by atoms with Gasteiger partial charge >= 0.3 is 0 Å². The first-order valence-corrected chi connectivity index (χ1v) is 22.7. The zero-order valence-corrected chi connectivity index (χ0v) is 39.9. The number of hydrogen-bond acceptors (Lipinski definition) is 16. The first-order chi connectivity index (χ1) is 34.7. The summed E-state index contributed by atoms with van der Waals surface area (Å²) in [5.41, 5.74) is -0.525. The zero-order valence-electron chi connectivity index (χ0n) is 39.9. The fourth-order valence-corrected chi connectivity index (χ4v) is 11.7. The molecule has 2 heterocycles. The molecule has 2 saturated carbocycles. The molecule has 0 unspecified atom stereocenters.